The highest BCUT2D eigenvalue weighted by molar-refractivity contribution is 5.66. The third-order valence-corrected chi connectivity index (χ3v) is 1.99. The summed E-state index contributed by atoms with van der Waals surface area (Å²) in [7, 11) is 3.15. The number of carboxylic acids is 1. The number of rotatable bonds is 9. The van der Waals surface area contributed by atoms with Gasteiger partial charge in [-0.1, -0.05) is 0 Å². The van der Waals surface area contributed by atoms with Gasteiger partial charge in [-0.3, -0.25) is 4.79 Å². The lowest BCUT2D eigenvalue weighted by Gasteiger charge is -2.18. The third kappa shape index (κ3) is 8.35. The molecule has 90 valence electrons. The number of carbonyl (C=O) groups is 1. The van der Waals surface area contributed by atoms with Crippen molar-refractivity contribution in [2.45, 2.75) is 38.6 Å². The van der Waals surface area contributed by atoms with E-state index in [1.54, 1.807) is 14.2 Å². The summed E-state index contributed by atoms with van der Waals surface area (Å²) in [5.74, 6) is -0.794. The van der Waals surface area contributed by atoms with Crippen LogP contribution in [-0.2, 0) is 19.0 Å². The Labute approximate surface area is 90.3 Å². The maximum atomic E-state index is 10.2. The highest BCUT2D eigenvalue weighted by Gasteiger charge is 2.11. The lowest BCUT2D eigenvalue weighted by molar-refractivity contribution is -0.138. The van der Waals surface area contributed by atoms with Gasteiger partial charge in [0.05, 0.1) is 6.10 Å². The molecule has 0 fully saturated rings. The zero-order valence-electron chi connectivity index (χ0n) is 9.56. The van der Waals surface area contributed by atoms with Crippen molar-refractivity contribution >= 4 is 5.97 Å². The first-order valence-corrected chi connectivity index (χ1v) is 4.99. The summed E-state index contributed by atoms with van der Waals surface area (Å²) < 4.78 is 15.4. The summed E-state index contributed by atoms with van der Waals surface area (Å²) >= 11 is 0. The fourth-order valence-corrected chi connectivity index (χ4v) is 1.14. The van der Waals surface area contributed by atoms with Crippen LogP contribution < -0.4 is 0 Å². The molecule has 0 aromatic carbocycles. The highest BCUT2D eigenvalue weighted by Crippen LogP contribution is 2.06. The molecule has 1 atom stereocenters. The first-order valence-electron chi connectivity index (χ1n) is 4.99. The van der Waals surface area contributed by atoms with Crippen molar-refractivity contribution in [3.05, 3.63) is 0 Å². The van der Waals surface area contributed by atoms with Crippen LogP contribution in [-0.4, -0.2) is 44.3 Å². The molecule has 0 saturated carbocycles. The topological polar surface area (TPSA) is 65.0 Å². The van der Waals surface area contributed by atoms with Crippen LogP contribution in [0.2, 0.25) is 0 Å². The van der Waals surface area contributed by atoms with Gasteiger partial charge in [0.2, 0.25) is 0 Å². The second-order valence-electron chi connectivity index (χ2n) is 3.32. The van der Waals surface area contributed by atoms with Gasteiger partial charge in [0, 0.05) is 33.7 Å². The van der Waals surface area contributed by atoms with Gasteiger partial charge in [-0.05, 0) is 13.3 Å². The minimum absolute atomic E-state index is 0.00342. The molecule has 0 aliphatic rings. The van der Waals surface area contributed by atoms with Crippen LogP contribution in [0.4, 0.5) is 0 Å². The molecule has 0 aliphatic heterocycles. The van der Waals surface area contributed by atoms with Gasteiger partial charge < -0.3 is 19.3 Å². The van der Waals surface area contributed by atoms with Gasteiger partial charge >= 0.3 is 5.97 Å². The number of ether oxygens (including phenoxy) is 3. The molecule has 0 aromatic rings. The Bertz CT molecular complexity index is 167. The Kier molecular flexibility index (Phi) is 8.27. The van der Waals surface area contributed by atoms with E-state index in [0.717, 1.165) is 0 Å². The zero-order valence-corrected chi connectivity index (χ0v) is 9.56. The van der Waals surface area contributed by atoms with Crippen LogP contribution in [0.15, 0.2) is 0 Å². The molecule has 0 heterocycles. The predicted octanol–water partition coefficient (Wildman–Crippen LogP) is 1.27. The molecule has 0 aromatic heterocycles. The van der Waals surface area contributed by atoms with Gasteiger partial charge in [-0.25, -0.2) is 0 Å². The van der Waals surface area contributed by atoms with E-state index < -0.39 is 5.97 Å². The lowest BCUT2D eigenvalue weighted by atomic mass is 10.2. The minimum atomic E-state index is -0.794. The van der Waals surface area contributed by atoms with E-state index in [1.807, 2.05) is 6.92 Å². The quantitative estimate of drug-likeness (QED) is 0.468. The van der Waals surface area contributed by atoms with Crippen LogP contribution >= 0.6 is 0 Å². The molecular weight excluding hydrogens is 200 g/mol. The standard InChI is InChI=1S/C10H20O5/c1-8(7-10(13-2)14-3)15-6-4-5-9(11)12/h8,10H,4-7H2,1-3H3,(H,11,12). The van der Waals surface area contributed by atoms with Crippen molar-refractivity contribution in [3.63, 3.8) is 0 Å². The number of hydrogen-bond donors (Lipinski definition) is 1. The Hall–Kier alpha value is -0.650. The Balaban J connectivity index is 3.47. The molecule has 0 saturated heterocycles. The molecule has 0 rings (SSSR count). The van der Waals surface area contributed by atoms with E-state index in [0.29, 0.717) is 19.4 Å². The van der Waals surface area contributed by atoms with Gasteiger partial charge in [-0.2, -0.15) is 0 Å². The first kappa shape index (κ1) is 14.3. The summed E-state index contributed by atoms with van der Waals surface area (Å²) in [6.45, 7) is 2.36. The number of carboxylic acid groups (broad SMARTS) is 1. The molecule has 0 spiro atoms. The van der Waals surface area contributed by atoms with Crippen LogP contribution in [0.1, 0.15) is 26.2 Å². The summed E-state index contributed by atoms with van der Waals surface area (Å²) in [5, 5.41) is 8.40. The highest BCUT2D eigenvalue weighted by atomic mass is 16.7. The molecule has 0 aliphatic carbocycles. The fraction of sp³-hybridized carbons (Fsp3) is 0.900. The number of hydrogen-bond acceptors (Lipinski definition) is 4. The van der Waals surface area contributed by atoms with E-state index in [-0.39, 0.29) is 18.8 Å². The van der Waals surface area contributed by atoms with E-state index in [2.05, 4.69) is 0 Å². The zero-order chi connectivity index (χ0) is 11.7. The second-order valence-corrected chi connectivity index (χ2v) is 3.32. The van der Waals surface area contributed by atoms with E-state index >= 15 is 0 Å². The predicted molar refractivity (Wildman–Crippen MR) is 54.7 cm³/mol. The summed E-state index contributed by atoms with van der Waals surface area (Å²) in [4.78, 5) is 10.2. The molecule has 5 heteroatoms. The summed E-state index contributed by atoms with van der Waals surface area (Å²) in [6.07, 6.45) is 1.05. The Morgan fingerprint density at radius 3 is 2.40 bits per heavy atom. The average Bonchev–Trinajstić information content (AvgIpc) is 2.20. The normalized spacial score (nSPS) is 13.1. The molecule has 1 unspecified atom stereocenters. The minimum Gasteiger partial charge on any atom is -0.481 e. The van der Waals surface area contributed by atoms with Crippen LogP contribution in [0, 0.1) is 0 Å². The lowest BCUT2D eigenvalue weighted by Crippen LogP contribution is -2.22. The van der Waals surface area contributed by atoms with Crippen LogP contribution in [0.25, 0.3) is 0 Å². The molecular formula is C10H20O5. The smallest absolute Gasteiger partial charge is 0.303 e. The molecule has 0 radical (unpaired) electrons. The summed E-state index contributed by atoms with van der Waals surface area (Å²) in [6, 6.07) is 0. The second kappa shape index (κ2) is 8.64. The fourth-order valence-electron chi connectivity index (χ4n) is 1.14. The molecule has 5 nitrogen and oxygen atoms in total. The van der Waals surface area contributed by atoms with Gasteiger partial charge in [0.25, 0.3) is 0 Å². The average molecular weight is 220 g/mol. The van der Waals surface area contributed by atoms with Gasteiger partial charge in [-0.15, -0.1) is 0 Å². The van der Waals surface area contributed by atoms with Crippen molar-refractivity contribution in [2.24, 2.45) is 0 Å². The maximum absolute atomic E-state index is 10.2. The third-order valence-electron chi connectivity index (χ3n) is 1.99. The van der Waals surface area contributed by atoms with Gasteiger partial charge in [0.15, 0.2) is 6.29 Å². The number of aliphatic carboxylic acids is 1. The maximum Gasteiger partial charge on any atom is 0.303 e. The first-order chi connectivity index (χ1) is 7.10. The summed E-state index contributed by atoms with van der Waals surface area (Å²) in [5.41, 5.74) is 0. The molecule has 0 bridgehead atoms. The Morgan fingerprint density at radius 1 is 1.33 bits per heavy atom. The Morgan fingerprint density at radius 2 is 1.93 bits per heavy atom. The van der Waals surface area contributed by atoms with Gasteiger partial charge in [0.1, 0.15) is 0 Å². The monoisotopic (exact) mass is 220 g/mol. The van der Waals surface area contributed by atoms with Crippen molar-refractivity contribution in [1.82, 2.24) is 0 Å². The van der Waals surface area contributed by atoms with Crippen LogP contribution in [0.3, 0.4) is 0 Å². The van der Waals surface area contributed by atoms with Crippen molar-refractivity contribution in [3.8, 4) is 0 Å². The largest absolute Gasteiger partial charge is 0.481 e. The van der Waals surface area contributed by atoms with E-state index in [4.69, 9.17) is 19.3 Å². The SMILES string of the molecule is COC(CC(C)OCCCC(=O)O)OC. The van der Waals surface area contributed by atoms with E-state index in [1.165, 1.54) is 0 Å². The van der Waals surface area contributed by atoms with Crippen molar-refractivity contribution < 1.29 is 24.1 Å². The number of methoxy groups -OCH3 is 2. The van der Waals surface area contributed by atoms with Crippen LogP contribution in [0.5, 0.6) is 0 Å². The molecule has 0 amide bonds. The van der Waals surface area contributed by atoms with Crippen molar-refractivity contribution in [1.29, 1.82) is 0 Å². The molecule has 1 N–H and O–H groups in total. The van der Waals surface area contributed by atoms with E-state index in [9.17, 15) is 4.79 Å². The molecule has 15 heavy (non-hydrogen) atoms. The van der Waals surface area contributed by atoms with Crippen molar-refractivity contribution in [2.75, 3.05) is 20.8 Å².